The van der Waals surface area contributed by atoms with E-state index in [4.69, 9.17) is 20.9 Å². The Morgan fingerprint density at radius 1 is 1.31 bits per heavy atom. The normalized spacial score (nSPS) is 13.5. The van der Waals surface area contributed by atoms with Gasteiger partial charge in [0.2, 0.25) is 0 Å². The molecule has 180 valence electrons. The van der Waals surface area contributed by atoms with Gasteiger partial charge in [0.15, 0.2) is 0 Å². The molecule has 1 aliphatic heterocycles. The highest BCUT2D eigenvalue weighted by Gasteiger charge is 2.30. The Hall–Kier alpha value is -4.45. The number of nitrogens with zero attached hydrogens (tertiary/aromatic N) is 3. The summed E-state index contributed by atoms with van der Waals surface area (Å²) >= 11 is 0. The van der Waals surface area contributed by atoms with Gasteiger partial charge in [-0.15, -0.1) is 0 Å². The van der Waals surface area contributed by atoms with Crippen LogP contribution >= 0.6 is 0 Å². The Balaban J connectivity index is 1.48. The van der Waals surface area contributed by atoms with E-state index in [1.54, 1.807) is 23.0 Å². The number of aromatic nitrogens is 4. The van der Waals surface area contributed by atoms with E-state index in [2.05, 4.69) is 20.6 Å². The van der Waals surface area contributed by atoms with Crippen molar-refractivity contribution in [2.75, 3.05) is 26.1 Å². The third kappa shape index (κ3) is 3.83. The predicted octanol–water partition coefficient (Wildman–Crippen LogP) is 1.76. The lowest BCUT2D eigenvalue weighted by Crippen LogP contribution is -2.32. The Morgan fingerprint density at radius 2 is 2.11 bits per heavy atom. The molecule has 4 aromatic rings. The van der Waals surface area contributed by atoms with Crippen LogP contribution in [0, 0.1) is 5.82 Å². The number of nitrogen functional groups attached to an aromatic ring is 1. The molecule has 6 N–H and O–H groups in total. The molecular weight excluding hydrogens is 457 g/mol. The van der Waals surface area contributed by atoms with E-state index in [0.29, 0.717) is 40.9 Å². The number of halogens is 1. The summed E-state index contributed by atoms with van der Waals surface area (Å²) in [5, 5.41) is 15.1. The largest absolute Gasteiger partial charge is 0.496 e. The van der Waals surface area contributed by atoms with Gasteiger partial charge in [0, 0.05) is 17.5 Å². The lowest BCUT2D eigenvalue weighted by Gasteiger charge is -2.26. The summed E-state index contributed by atoms with van der Waals surface area (Å²) in [6.07, 6.45) is 1.60. The van der Waals surface area contributed by atoms with Gasteiger partial charge in [0.1, 0.15) is 34.7 Å². The molecule has 0 aliphatic carbocycles. The van der Waals surface area contributed by atoms with Crippen LogP contribution in [0.1, 0.15) is 32.3 Å². The lowest BCUT2D eigenvalue weighted by molar-refractivity contribution is -0.0275. The quantitative estimate of drug-likeness (QED) is 0.314. The highest BCUT2D eigenvalue weighted by atomic mass is 19.1. The van der Waals surface area contributed by atoms with Crippen LogP contribution in [0.15, 0.2) is 36.5 Å². The van der Waals surface area contributed by atoms with Crippen LogP contribution in [0.4, 0.5) is 10.2 Å². The first-order chi connectivity index (χ1) is 16.9. The molecule has 1 fully saturated rings. The van der Waals surface area contributed by atoms with Crippen LogP contribution in [0.2, 0.25) is 0 Å². The molecule has 0 radical (unpaired) electrons. The molecule has 11 nitrogen and oxygen atoms in total. The van der Waals surface area contributed by atoms with Crippen LogP contribution in [-0.4, -0.2) is 52.1 Å². The fourth-order valence-electron chi connectivity index (χ4n) is 4.10. The van der Waals surface area contributed by atoms with Gasteiger partial charge in [0.05, 0.1) is 37.6 Å². The zero-order valence-electron chi connectivity index (χ0n) is 18.7. The molecule has 0 saturated carbocycles. The van der Waals surface area contributed by atoms with E-state index in [0.717, 1.165) is 6.07 Å². The van der Waals surface area contributed by atoms with Crippen molar-refractivity contribution in [2.24, 2.45) is 5.73 Å². The number of hydrogen-bond donors (Lipinski definition) is 4. The number of methoxy groups -OCH3 is 1. The van der Waals surface area contributed by atoms with E-state index in [1.807, 2.05) is 0 Å². The summed E-state index contributed by atoms with van der Waals surface area (Å²) in [7, 11) is 1.41. The SMILES string of the molecule is COc1ccc(F)cc1C(=O)NCc1ccc(-c2nn(C3COC3)c(N)c2C(N)=O)c2cn[nH]c12. The third-order valence-corrected chi connectivity index (χ3v) is 5.96. The number of nitrogens with two attached hydrogens (primary N) is 2. The van der Waals surface area contributed by atoms with Crippen LogP contribution in [-0.2, 0) is 11.3 Å². The summed E-state index contributed by atoms with van der Waals surface area (Å²) in [4.78, 5) is 24.9. The van der Waals surface area contributed by atoms with Gasteiger partial charge in [-0.3, -0.25) is 14.7 Å². The van der Waals surface area contributed by atoms with E-state index in [-0.39, 0.29) is 35.3 Å². The van der Waals surface area contributed by atoms with E-state index < -0.39 is 17.6 Å². The second-order valence-corrected chi connectivity index (χ2v) is 8.07. The summed E-state index contributed by atoms with van der Waals surface area (Å²) in [5.74, 6) is -1.30. The van der Waals surface area contributed by atoms with Crippen molar-refractivity contribution >= 4 is 28.5 Å². The fourth-order valence-corrected chi connectivity index (χ4v) is 4.10. The van der Waals surface area contributed by atoms with Crippen molar-refractivity contribution in [3.63, 3.8) is 0 Å². The van der Waals surface area contributed by atoms with Crippen molar-refractivity contribution in [3.05, 3.63) is 59.0 Å². The van der Waals surface area contributed by atoms with Gasteiger partial charge < -0.3 is 26.3 Å². The average molecular weight is 479 g/mol. The van der Waals surface area contributed by atoms with Crippen molar-refractivity contribution < 1.29 is 23.5 Å². The van der Waals surface area contributed by atoms with Gasteiger partial charge in [-0.05, 0) is 23.8 Å². The molecular formula is C23H22FN7O4. The van der Waals surface area contributed by atoms with Crippen LogP contribution in [0.25, 0.3) is 22.2 Å². The molecule has 3 heterocycles. The minimum absolute atomic E-state index is 0.0732. The molecule has 5 rings (SSSR count). The number of H-pyrrole nitrogens is 1. The van der Waals surface area contributed by atoms with Crippen molar-refractivity contribution in [1.29, 1.82) is 0 Å². The molecule has 1 saturated heterocycles. The molecule has 0 unspecified atom stereocenters. The fraction of sp³-hybridized carbons (Fsp3) is 0.217. The monoisotopic (exact) mass is 479 g/mol. The zero-order valence-corrected chi connectivity index (χ0v) is 18.7. The van der Waals surface area contributed by atoms with Crippen molar-refractivity contribution in [1.82, 2.24) is 25.3 Å². The number of nitrogens with one attached hydrogen (secondary N) is 2. The number of carbonyl (C=O) groups excluding carboxylic acids is 2. The maximum absolute atomic E-state index is 13.7. The Kier molecular flexibility index (Phi) is 5.57. The van der Waals surface area contributed by atoms with Crippen LogP contribution in [0.3, 0.4) is 0 Å². The number of aromatic amines is 1. The first kappa shape index (κ1) is 22.3. The summed E-state index contributed by atoms with van der Waals surface area (Å²) in [5.41, 5.74) is 14.3. The smallest absolute Gasteiger partial charge is 0.255 e. The highest BCUT2D eigenvalue weighted by molar-refractivity contribution is 6.07. The summed E-state index contributed by atoms with van der Waals surface area (Å²) < 4.78 is 25.6. The van der Waals surface area contributed by atoms with Crippen LogP contribution < -0.4 is 21.5 Å². The first-order valence-corrected chi connectivity index (χ1v) is 10.7. The number of anilines is 1. The molecule has 0 atom stereocenters. The standard InChI is InChI=1S/C23H22FN7O4/c1-34-17-5-3-12(24)6-15(17)23(33)27-7-11-2-4-14(16-8-28-29-19(11)16)20-18(22(26)32)21(25)31(30-20)13-9-35-10-13/h2-6,8,13H,7,9-10,25H2,1H3,(H2,26,32)(H,27,33)(H,28,29). The maximum Gasteiger partial charge on any atom is 0.255 e. The topological polar surface area (TPSA) is 163 Å². The zero-order chi connectivity index (χ0) is 24.7. The van der Waals surface area contributed by atoms with Gasteiger partial charge in [0.25, 0.3) is 11.8 Å². The number of rotatable bonds is 7. The number of primary amides is 1. The maximum atomic E-state index is 13.7. The lowest BCUT2D eigenvalue weighted by atomic mass is 10.0. The van der Waals surface area contributed by atoms with E-state index in [1.165, 1.54) is 19.2 Å². The predicted molar refractivity (Wildman–Crippen MR) is 124 cm³/mol. The van der Waals surface area contributed by atoms with Crippen LogP contribution in [0.5, 0.6) is 5.75 Å². The van der Waals surface area contributed by atoms with E-state index >= 15 is 0 Å². The van der Waals surface area contributed by atoms with Gasteiger partial charge in [-0.1, -0.05) is 12.1 Å². The Labute approximate surface area is 198 Å². The number of carbonyl (C=O) groups is 2. The minimum Gasteiger partial charge on any atom is -0.496 e. The number of ether oxygens (including phenoxy) is 2. The second kappa shape index (κ2) is 8.72. The molecule has 1 aliphatic rings. The molecule has 12 heteroatoms. The molecule has 0 spiro atoms. The molecule has 35 heavy (non-hydrogen) atoms. The number of hydrogen-bond acceptors (Lipinski definition) is 7. The Bertz CT molecular complexity index is 1460. The first-order valence-electron chi connectivity index (χ1n) is 10.7. The van der Waals surface area contributed by atoms with Gasteiger partial charge in [-0.25, -0.2) is 9.07 Å². The molecule has 2 aromatic heterocycles. The highest BCUT2D eigenvalue weighted by Crippen LogP contribution is 2.35. The summed E-state index contributed by atoms with van der Waals surface area (Å²) in [6, 6.07) is 7.18. The number of amides is 2. The van der Waals surface area contributed by atoms with E-state index in [9.17, 15) is 14.0 Å². The van der Waals surface area contributed by atoms with Crippen molar-refractivity contribution in [3.8, 4) is 17.0 Å². The number of benzene rings is 2. The average Bonchev–Trinajstić information content (AvgIpc) is 3.42. The second-order valence-electron chi connectivity index (χ2n) is 8.07. The number of fused-ring (bicyclic) bond motifs is 1. The van der Waals surface area contributed by atoms with Gasteiger partial charge >= 0.3 is 0 Å². The molecule has 2 amide bonds. The summed E-state index contributed by atoms with van der Waals surface area (Å²) in [6.45, 7) is 1.01. The third-order valence-electron chi connectivity index (χ3n) is 5.96. The molecule has 0 bridgehead atoms. The van der Waals surface area contributed by atoms with Gasteiger partial charge in [-0.2, -0.15) is 10.2 Å². The Morgan fingerprint density at radius 3 is 2.80 bits per heavy atom. The van der Waals surface area contributed by atoms with Crippen molar-refractivity contribution in [2.45, 2.75) is 12.6 Å². The molecule has 2 aromatic carbocycles. The minimum atomic E-state index is -0.694.